The van der Waals surface area contributed by atoms with Crippen LogP contribution < -0.4 is 5.73 Å². The van der Waals surface area contributed by atoms with Crippen molar-refractivity contribution in [3.63, 3.8) is 0 Å². The van der Waals surface area contributed by atoms with Crippen LogP contribution in [0.3, 0.4) is 0 Å². The molecule has 98 valence electrons. The molecule has 0 aliphatic carbocycles. The Morgan fingerprint density at radius 1 is 1.41 bits per heavy atom. The summed E-state index contributed by atoms with van der Waals surface area (Å²) < 4.78 is 2.30. The van der Waals surface area contributed by atoms with Crippen LogP contribution in [0.4, 0.5) is 0 Å². The molecule has 0 bridgehead atoms. The highest BCUT2D eigenvalue weighted by atomic mass is 32.2. The zero-order valence-corrected chi connectivity index (χ0v) is 12.2. The lowest BCUT2D eigenvalue weighted by Crippen LogP contribution is -2.22. The molecule has 1 rings (SSSR count). The molecule has 2 atom stereocenters. The highest BCUT2D eigenvalue weighted by molar-refractivity contribution is 7.98. The molecule has 4 heteroatoms. The predicted octanol–water partition coefficient (Wildman–Crippen LogP) is 2.90. The van der Waals surface area contributed by atoms with Gasteiger partial charge in [0.15, 0.2) is 0 Å². The number of thioether (sulfide) groups is 1. The highest BCUT2D eigenvalue weighted by Gasteiger charge is 2.20. The Morgan fingerprint density at radius 3 is 2.65 bits per heavy atom. The Bertz CT molecular complexity index is 322. The smallest absolute Gasteiger partial charge is 0.0950 e. The number of hydrogen-bond donors (Lipinski definition) is 1. The minimum atomic E-state index is 0.411. The summed E-state index contributed by atoms with van der Waals surface area (Å²) in [4.78, 5) is 4.30. The Kier molecular flexibility index (Phi) is 6.06. The van der Waals surface area contributed by atoms with E-state index >= 15 is 0 Å². The van der Waals surface area contributed by atoms with Crippen LogP contribution >= 0.6 is 11.8 Å². The largest absolute Gasteiger partial charge is 0.331 e. The zero-order valence-electron chi connectivity index (χ0n) is 11.4. The third-order valence-electron chi connectivity index (χ3n) is 3.35. The van der Waals surface area contributed by atoms with Crippen LogP contribution in [-0.4, -0.2) is 28.1 Å². The van der Waals surface area contributed by atoms with E-state index in [2.05, 4.69) is 36.6 Å². The van der Waals surface area contributed by atoms with Crippen molar-refractivity contribution in [3.05, 3.63) is 18.2 Å². The summed E-state index contributed by atoms with van der Waals surface area (Å²) in [5, 5.41) is 0. The molecule has 0 spiro atoms. The number of nitrogens with zero attached hydrogens (tertiary/aromatic N) is 2. The maximum Gasteiger partial charge on any atom is 0.0950 e. The van der Waals surface area contributed by atoms with Crippen molar-refractivity contribution >= 4 is 11.8 Å². The van der Waals surface area contributed by atoms with Gasteiger partial charge in [0.05, 0.1) is 6.33 Å². The van der Waals surface area contributed by atoms with E-state index in [-0.39, 0.29) is 0 Å². The molecular formula is C13H25N3S. The summed E-state index contributed by atoms with van der Waals surface area (Å²) in [6, 6.07) is 0.507. The summed E-state index contributed by atoms with van der Waals surface area (Å²) in [6.07, 6.45) is 7.26. The van der Waals surface area contributed by atoms with Crippen LogP contribution in [0.2, 0.25) is 0 Å². The molecule has 0 amide bonds. The summed E-state index contributed by atoms with van der Waals surface area (Å²) >= 11 is 1.90. The predicted molar refractivity (Wildman–Crippen MR) is 76.6 cm³/mol. The minimum absolute atomic E-state index is 0.411. The van der Waals surface area contributed by atoms with Crippen molar-refractivity contribution in [1.82, 2.24) is 9.55 Å². The SMILES string of the molecule is CSCCC(C)n1cncc1C(CN)C(C)C. The van der Waals surface area contributed by atoms with Crippen molar-refractivity contribution in [2.24, 2.45) is 11.7 Å². The molecule has 0 saturated carbocycles. The first-order valence-corrected chi connectivity index (χ1v) is 7.71. The van der Waals surface area contributed by atoms with Crippen LogP contribution in [-0.2, 0) is 0 Å². The Hall–Kier alpha value is -0.480. The second-order valence-corrected chi connectivity index (χ2v) is 5.93. The molecule has 0 saturated heterocycles. The van der Waals surface area contributed by atoms with Gasteiger partial charge in [-0.15, -0.1) is 0 Å². The van der Waals surface area contributed by atoms with Crippen LogP contribution in [0, 0.1) is 5.92 Å². The second kappa shape index (κ2) is 7.07. The van der Waals surface area contributed by atoms with E-state index in [1.807, 2.05) is 24.3 Å². The normalized spacial score (nSPS) is 15.2. The Labute approximate surface area is 109 Å². The van der Waals surface area contributed by atoms with Gasteiger partial charge in [-0.05, 0) is 31.3 Å². The molecule has 1 aromatic heterocycles. The van der Waals surface area contributed by atoms with E-state index in [0.717, 1.165) is 0 Å². The first-order chi connectivity index (χ1) is 8.11. The molecule has 0 radical (unpaired) electrons. The summed E-state index contributed by atoms with van der Waals surface area (Å²) in [5.74, 6) is 2.16. The molecule has 3 nitrogen and oxygen atoms in total. The number of aromatic nitrogens is 2. The van der Waals surface area contributed by atoms with Gasteiger partial charge in [-0.2, -0.15) is 11.8 Å². The van der Waals surface area contributed by atoms with Crippen LogP contribution in [0.25, 0.3) is 0 Å². The van der Waals surface area contributed by atoms with Crippen LogP contribution in [0.5, 0.6) is 0 Å². The van der Waals surface area contributed by atoms with Gasteiger partial charge in [0.25, 0.3) is 0 Å². The Morgan fingerprint density at radius 2 is 2.12 bits per heavy atom. The fourth-order valence-electron chi connectivity index (χ4n) is 2.13. The standard InChI is InChI=1S/C13H25N3S/c1-10(2)12(7-14)13-8-15-9-16(13)11(3)5-6-17-4/h8-12H,5-7,14H2,1-4H3. The van der Waals surface area contributed by atoms with E-state index in [4.69, 9.17) is 5.73 Å². The average molecular weight is 255 g/mol. The molecule has 0 aliphatic rings. The minimum Gasteiger partial charge on any atom is -0.331 e. The lowest BCUT2D eigenvalue weighted by Gasteiger charge is -2.24. The Balaban J connectivity index is 2.83. The molecule has 17 heavy (non-hydrogen) atoms. The third-order valence-corrected chi connectivity index (χ3v) is 3.99. The molecule has 1 heterocycles. The molecule has 1 aromatic rings. The zero-order chi connectivity index (χ0) is 12.8. The topological polar surface area (TPSA) is 43.8 Å². The molecule has 2 N–H and O–H groups in total. The first-order valence-electron chi connectivity index (χ1n) is 6.32. The van der Waals surface area contributed by atoms with Crippen molar-refractivity contribution in [2.75, 3.05) is 18.6 Å². The fourth-order valence-corrected chi connectivity index (χ4v) is 2.71. The van der Waals surface area contributed by atoms with Gasteiger partial charge < -0.3 is 10.3 Å². The summed E-state index contributed by atoms with van der Waals surface area (Å²) in [5.41, 5.74) is 7.18. The van der Waals surface area contributed by atoms with Gasteiger partial charge in [-0.25, -0.2) is 4.98 Å². The van der Waals surface area contributed by atoms with Gasteiger partial charge >= 0.3 is 0 Å². The van der Waals surface area contributed by atoms with Crippen molar-refractivity contribution < 1.29 is 0 Å². The first kappa shape index (κ1) is 14.6. The molecular weight excluding hydrogens is 230 g/mol. The van der Waals surface area contributed by atoms with Crippen molar-refractivity contribution in [1.29, 1.82) is 0 Å². The number of hydrogen-bond acceptors (Lipinski definition) is 3. The van der Waals surface area contributed by atoms with E-state index in [1.54, 1.807) is 0 Å². The maximum atomic E-state index is 5.89. The monoisotopic (exact) mass is 255 g/mol. The van der Waals surface area contributed by atoms with Gasteiger partial charge in [0.1, 0.15) is 0 Å². The third kappa shape index (κ3) is 3.75. The van der Waals surface area contributed by atoms with E-state index in [0.29, 0.717) is 24.4 Å². The van der Waals surface area contributed by atoms with Crippen LogP contribution in [0.1, 0.15) is 44.8 Å². The lowest BCUT2D eigenvalue weighted by molar-refractivity contribution is 0.440. The average Bonchev–Trinajstić information content (AvgIpc) is 2.75. The molecule has 2 unspecified atom stereocenters. The lowest BCUT2D eigenvalue weighted by atomic mass is 9.92. The van der Waals surface area contributed by atoms with Crippen molar-refractivity contribution in [2.45, 2.75) is 39.2 Å². The van der Waals surface area contributed by atoms with Crippen LogP contribution in [0.15, 0.2) is 12.5 Å². The molecule has 0 aromatic carbocycles. The molecule has 0 fully saturated rings. The van der Waals surface area contributed by atoms with Gasteiger partial charge in [-0.1, -0.05) is 13.8 Å². The maximum absolute atomic E-state index is 5.89. The summed E-state index contributed by atoms with van der Waals surface area (Å²) in [6.45, 7) is 7.40. The van der Waals surface area contributed by atoms with E-state index in [1.165, 1.54) is 17.9 Å². The number of nitrogens with two attached hydrogens (primary N) is 1. The second-order valence-electron chi connectivity index (χ2n) is 4.94. The number of rotatable bonds is 7. The number of imidazole rings is 1. The highest BCUT2D eigenvalue weighted by Crippen LogP contribution is 2.26. The van der Waals surface area contributed by atoms with E-state index in [9.17, 15) is 0 Å². The quantitative estimate of drug-likeness (QED) is 0.814. The van der Waals surface area contributed by atoms with E-state index < -0.39 is 0 Å². The molecule has 0 aliphatic heterocycles. The van der Waals surface area contributed by atoms with Crippen molar-refractivity contribution in [3.8, 4) is 0 Å². The summed E-state index contributed by atoms with van der Waals surface area (Å²) in [7, 11) is 0. The van der Waals surface area contributed by atoms with Gasteiger partial charge in [0, 0.05) is 30.4 Å². The fraction of sp³-hybridized carbons (Fsp3) is 0.769. The van der Waals surface area contributed by atoms with Gasteiger partial charge in [0.2, 0.25) is 0 Å². The van der Waals surface area contributed by atoms with Gasteiger partial charge in [-0.3, -0.25) is 0 Å².